The summed E-state index contributed by atoms with van der Waals surface area (Å²) >= 11 is 0. The first-order valence-corrected chi connectivity index (χ1v) is 9.38. The van der Waals surface area contributed by atoms with Crippen molar-refractivity contribution >= 4 is 28.6 Å². The molecule has 0 aliphatic heterocycles. The highest BCUT2D eigenvalue weighted by atomic mass is 16.2. The first-order chi connectivity index (χ1) is 14.1. The smallest absolute Gasteiger partial charge is 0.272 e. The van der Waals surface area contributed by atoms with E-state index in [2.05, 4.69) is 10.3 Å². The summed E-state index contributed by atoms with van der Waals surface area (Å²) in [6, 6.07) is 25.0. The fraction of sp³-hybridized carbons (Fsp3) is 0.0400. The molecular weight excluding hydrogens is 360 g/mol. The Hall–Kier alpha value is -3.92. The van der Waals surface area contributed by atoms with Crippen LogP contribution in [0.15, 0.2) is 89.7 Å². The van der Waals surface area contributed by atoms with Crippen LogP contribution in [-0.4, -0.2) is 10.9 Å². The van der Waals surface area contributed by atoms with E-state index in [9.17, 15) is 9.59 Å². The maximum Gasteiger partial charge on any atom is 0.272 e. The van der Waals surface area contributed by atoms with Crippen LogP contribution >= 0.6 is 0 Å². The number of amides is 1. The van der Waals surface area contributed by atoms with Gasteiger partial charge in [-0.3, -0.25) is 9.59 Å². The Bertz CT molecular complexity index is 1250. The number of aromatic nitrogens is 1. The van der Waals surface area contributed by atoms with E-state index in [0.29, 0.717) is 5.56 Å². The minimum atomic E-state index is -0.358. The predicted molar refractivity (Wildman–Crippen MR) is 119 cm³/mol. The number of aryl methyl sites for hydroxylation is 1. The third kappa shape index (κ3) is 4.01. The molecule has 0 aliphatic carbocycles. The van der Waals surface area contributed by atoms with E-state index >= 15 is 0 Å². The Morgan fingerprint density at radius 1 is 0.897 bits per heavy atom. The standard InChI is InChI=1S/C25H20N2O2/c1-17-11-13-18(14-12-17)15-16-22(28)27-24-23(19-7-3-2-4-8-19)20-9-5-6-10-21(20)26-25(24)29/h2-16H,1H3,(H,26,29)(H,27,28)/b16-15+. The van der Waals surface area contributed by atoms with Crippen molar-refractivity contribution in [1.29, 1.82) is 0 Å². The average Bonchev–Trinajstić information content (AvgIpc) is 2.74. The summed E-state index contributed by atoms with van der Waals surface area (Å²) in [5.74, 6) is -0.358. The average molecular weight is 380 g/mol. The van der Waals surface area contributed by atoms with Crippen molar-refractivity contribution in [2.45, 2.75) is 6.92 Å². The molecule has 0 fully saturated rings. The summed E-state index contributed by atoms with van der Waals surface area (Å²) in [5, 5.41) is 3.65. The molecule has 4 aromatic rings. The van der Waals surface area contributed by atoms with Crippen molar-refractivity contribution in [2.75, 3.05) is 5.32 Å². The lowest BCUT2D eigenvalue weighted by Crippen LogP contribution is -2.19. The highest BCUT2D eigenvalue weighted by molar-refractivity contribution is 6.08. The lowest BCUT2D eigenvalue weighted by atomic mass is 9.99. The number of hydrogen-bond acceptors (Lipinski definition) is 2. The Balaban J connectivity index is 1.75. The molecule has 4 nitrogen and oxygen atoms in total. The van der Waals surface area contributed by atoms with Gasteiger partial charge >= 0.3 is 0 Å². The van der Waals surface area contributed by atoms with Crippen molar-refractivity contribution < 1.29 is 4.79 Å². The van der Waals surface area contributed by atoms with Crippen LogP contribution in [0.25, 0.3) is 28.1 Å². The molecule has 0 atom stereocenters. The Kier molecular flexibility index (Phi) is 5.08. The largest absolute Gasteiger partial charge is 0.320 e. The van der Waals surface area contributed by atoms with Gasteiger partial charge in [0.05, 0.1) is 0 Å². The molecule has 1 amide bonds. The molecule has 1 aromatic heterocycles. The number of anilines is 1. The van der Waals surface area contributed by atoms with Crippen LogP contribution in [0.1, 0.15) is 11.1 Å². The van der Waals surface area contributed by atoms with Crippen molar-refractivity contribution in [1.82, 2.24) is 4.98 Å². The summed E-state index contributed by atoms with van der Waals surface area (Å²) < 4.78 is 0. The molecule has 29 heavy (non-hydrogen) atoms. The molecule has 0 unspecified atom stereocenters. The Labute approximate surface area is 168 Å². The van der Waals surface area contributed by atoms with Crippen molar-refractivity contribution in [3.05, 3.63) is 106 Å². The van der Waals surface area contributed by atoms with E-state index in [-0.39, 0.29) is 17.2 Å². The van der Waals surface area contributed by atoms with Crippen LogP contribution in [0.4, 0.5) is 5.69 Å². The van der Waals surface area contributed by atoms with Crippen molar-refractivity contribution in [3.63, 3.8) is 0 Å². The SMILES string of the molecule is Cc1ccc(/C=C/C(=O)Nc2c(-c3ccccc3)c3ccccc3[nH]c2=O)cc1. The third-order valence-corrected chi connectivity index (χ3v) is 4.74. The fourth-order valence-corrected chi connectivity index (χ4v) is 3.28. The number of hydrogen-bond donors (Lipinski definition) is 2. The summed E-state index contributed by atoms with van der Waals surface area (Å²) in [6.45, 7) is 2.01. The van der Waals surface area contributed by atoms with E-state index in [0.717, 1.165) is 27.6 Å². The van der Waals surface area contributed by atoms with Gasteiger partial charge in [-0.05, 0) is 30.2 Å². The minimum Gasteiger partial charge on any atom is -0.320 e. The number of pyridine rings is 1. The van der Waals surface area contributed by atoms with Gasteiger partial charge in [0.15, 0.2) is 0 Å². The summed E-state index contributed by atoms with van der Waals surface area (Å²) in [6.07, 6.45) is 3.17. The monoisotopic (exact) mass is 380 g/mol. The molecule has 4 rings (SSSR count). The van der Waals surface area contributed by atoms with E-state index in [1.165, 1.54) is 6.08 Å². The first kappa shape index (κ1) is 18.4. The zero-order valence-corrected chi connectivity index (χ0v) is 16.0. The zero-order chi connectivity index (χ0) is 20.2. The van der Waals surface area contributed by atoms with Gasteiger partial charge in [-0.25, -0.2) is 0 Å². The van der Waals surface area contributed by atoms with Gasteiger partial charge in [0.25, 0.3) is 5.56 Å². The van der Waals surface area contributed by atoms with Crippen LogP contribution in [0.3, 0.4) is 0 Å². The number of carbonyl (C=O) groups excluding carboxylic acids is 1. The molecule has 4 heteroatoms. The van der Waals surface area contributed by atoms with Crippen LogP contribution < -0.4 is 10.9 Å². The fourth-order valence-electron chi connectivity index (χ4n) is 3.28. The first-order valence-electron chi connectivity index (χ1n) is 9.38. The molecule has 0 saturated heterocycles. The number of para-hydroxylation sites is 1. The van der Waals surface area contributed by atoms with Gasteiger partial charge < -0.3 is 10.3 Å². The number of carbonyl (C=O) groups is 1. The maximum atomic E-state index is 12.8. The number of aromatic amines is 1. The highest BCUT2D eigenvalue weighted by Gasteiger charge is 2.15. The van der Waals surface area contributed by atoms with Gasteiger partial charge in [0, 0.05) is 22.5 Å². The molecule has 0 bridgehead atoms. The number of H-pyrrole nitrogens is 1. The lowest BCUT2D eigenvalue weighted by molar-refractivity contribution is -0.111. The Morgan fingerprint density at radius 3 is 2.34 bits per heavy atom. The van der Waals surface area contributed by atoms with Gasteiger partial charge in [0.1, 0.15) is 5.69 Å². The molecule has 0 aliphatic rings. The van der Waals surface area contributed by atoms with E-state index in [4.69, 9.17) is 0 Å². The van der Waals surface area contributed by atoms with Gasteiger partial charge in [-0.1, -0.05) is 78.4 Å². The molecular formula is C25H20N2O2. The minimum absolute atomic E-state index is 0.244. The molecule has 3 aromatic carbocycles. The van der Waals surface area contributed by atoms with Crippen LogP contribution in [0.5, 0.6) is 0 Å². The predicted octanol–water partition coefficient (Wildman–Crippen LogP) is 5.16. The van der Waals surface area contributed by atoms with Crippen molar-refractivity contribution in [3.8, 4) is 11.1 Å². The second-order valence-corrected chi connectivity index (χ2v) is 6.85. The van der Waals surface area contributed by atoms with E-state index in [1.54, 1.807) is 6.08 Å². The topological polar surface area (TPSA) is 62.0 Å². The number of benzene rings is 3. The number of fused-ring (bicyclic) bond motifs is 1. The lowest BCUT2D eigenvalue weighted by Gasteiger charge is -2.13. The quantitative estimate of drug-likeness (QED) is 0.481. The zero-order valence-electron chi connectivity index (χ0n) is 16.0. The number of rotatable bonds is 4. The molecule has 1 heterocycles. The van der Waals surface area contributed by atoms with Crippen LogP contribution in [0, 0.1) is 6.92 Å². The van der Waals surface area contributed by atoms with Gasteiger partial charge in [0.2, 0.25) is 5.91 Å². The molecule has 0 saturated carbocycles. The van der Waals surface area contributed by atoms with E-state index in [1.807, 2.05) is 85.8 Å². The summed E-state index contributed by atoms with van der Waals surface area (Å²) in [7, 11) is 0. The summed E-state index contributed by atoms with van der Waals surface area (Å²) in [5.41, 5.74) is 4.29. The van der Waals surface area contributed by atoms with Gasteiger partial charge in [-0.2, -0.15) is 0 Å². The highest BCUT2D eigenvalue weighted by Crippen LogP contribution is 2.32. The van der Waals surface area contributed by atoms with Crippen molar-refractivity contribution in [2.24, 2.45) is 0 Å². The Morgan fingerprint density at radius 2 is 1.59 bits per heavy atom. The molecule has 0 spiro atoms. The second-order valence-electron chi connectivity index (χ2n) is 6.85. The van der Waals surface area contributed by atoms with Gasteiger partial charge in [-0.15, -0.1) is 0 Å². The molecule has 0 radical (unpaired) electrons. The number of nitrogens with one attached hydrogen (secondary N) is 2. The normalized spacial score (nSPS) is 11.1. The summed E-state index contributed by atoms with van der Waals surface area (Å²) in [4.78, 5) is 28.2. The van der Waals surface area contributed by atoms with E-state index < -0.39 is 0 Å². The molecule has 2 N–H and O–H groups in total. The third-order valence-electron chi connectivity index (χ3n) is 4.74. The van der Waals surface area contributed by atoms with Crippen LogP contribution in [0.2, 0.25) is 0 Å². The molecule has 142 valence electrons. The van der Waals surface area contributed by atoms with Crippen LogP contribution in [-0.2, 0) is 4.79 Å². The maximum absolute atomic E-state index is 12.8. The second kappa shape index (κ2) is 7.98.